The van der Waals surface area contributed by atoms with Crippen molar-refractivity contribution in [3.05, 3.63) is 46.7 Å². The number of quaternary nitrogens is 1. The zero-order chi connectivity index (χ0) is 19.4. The maximum Gasteiger partial charge on any atom is 0.267 e. The number of hydrogen-bond acceptors (Lipinski definition) is 5. The van der Waals surface area contributed by atoms with E-state index in [1.807, 2.05) is 5.38 Å². The van der Waals surface area contributed by atoms with E-state index in [4.69, 9.17) is 12.2 Å². The fourth-order valence-electron chi connectivity index (χ4n) is 2.70. The molecule has 1 aliphatic rings. The lowest BCUT2D eigenvalue weighted by atomic mass is 10.3. The molecule has 3 rings (SSSR count). The van der Waals surface area contributed by atoms with Crippen LogP contribution in [0.5, 0.6) is 0 Å². The average Bonchev–Trinajstić information content (AvgIpc) is 3.17. The van der Waals surface area contributed by atoms with Crippen molar-refractivity contribution in [2.45, 2.75) is 4.90 Å². The summed E-state index contributed by atoms with van der Waals surface area (Å²) in [5.41, 5.74) is 0.605. The van der Waals surface area contributed by atoms with Crippen LogP contribution in [0, 0.1) is 0 Å². The third-order valence-corrected chi connectivity index (χ3v) is 7.28. The quantitative estimate of drug-likeness (QED) is 0.618. The van der Waals surface area contributed by atoms with Crippen LogP contribution in [0.15, 0.2) is 46.7 Å². The molecule has 0 radical (unpaired) electrons. The largest absolute Gasteiger partial charge is 0.335 e. The Morgan fingerprint density at radius 1 is 1.19 bits per heavy atom. The second kappa shape index (κ2) is 8.44. The van der Waals surface area contributed by atoms with Gasteiger partial charge in [-0.3, -0.25) is 10.1 Å². The predicted octanol–water partition coefficient (Wildman–Crippen LogP) is 0.394. The van der Waals surface area contributed by atoms with Crippen LogP contribution in [0.1, 0.15) is 9.67 Å². The van der Waals surface area contributed by atoms with E-state index in [-0.39, 0.29) is 15.9 Å². The molecule has 3 N–H and O–H groups in total. The zero-order valence-corrected chi connectivity index (χ0v) is 17.2. The van der Waals surface area contributed by atoms with Gasteiger partial charge in [0, 0.05) is 5.69 Å². The summed E-state index contributed by atoms with van der Waals surface area (Å²) >= 11 is 6.46. The highest BCUT2D eigenvalue weighted by Crippen LogP contribution is 2.18. The first-order valence-corrected chi connectivity index (χ1v) is 11.2. The Morgan fingerprint density at radius 2 is 1.85 bits per heavy atom. The van der Waals surface area contributed by atoms with Crippen molar-refractivity contribution in [2.75, 3.05) is 38.5 Å². The Hall–Kier alpha value is -1.85. The number of hydrogen-bond donors (Lipinski definition) is 3. The van der Waals surface area contributed by atoms with E-state index in [2.05, 4.69) is 17.7 Å². The van der Waals surface area contributed by atoms with Crippen molar-refractivity contribution >= 4 is 50.3 Å². The maximum absolute atomic E-state index is 12.7. The van der Waals surface area contributed by atoms with Gasteiger partial charge in [0.1, 0.15) is 0 Å². The van der Waals surface area contributed by atoms with Gasteiger partial charge in [-0.25, -0.2) is 8.42 Å². The molecule has 0 spiro atoms. The Balaban J connectivity index is 1.61. The molecule has 144 valence electrons. The second-order valence-electron chi connectivity index (χ2n) is 6.27. The molecule has 0 aliphatic carbocycles. The van der Waals surface area contributed by atoms with Crippen molar-refractivity contribution < 1.29 is 18.1 Å². The van der Waals surface area contributed by atoms with E-state index in [1.54, 1.807) is 36.4 Å². The Kier molecular flexibility index (Phi) is 6.22. The summed E-state index contributed by atoms with van der Waals surface area (Å²) in [6, 6.07) is 9.87. The monoisotopic (exact) mass is 425 g/mol. The van der Waals surface area contributed by atoms with E-state index in [0.29, 0.717) is 23.7 Å². The molecule has 0 bridgehead atoms. The Labute approximate surface area is 168 Å². The fourth-order valence-corrected chi connectivity index (χ4v) is 4.97. The molecular formula is C17H21N4O3S3+. The second-order valence-corrected chi connectivity index (χ2v) is 9.56. The van der Waals surface area contributed by atoms with Gasteiger partial charge in [-0.1, -0.05) is 6.07 Å². The smallest absolute Gasteiger partial charge is 0.267 e. The maximum atomic E-state index is 12.7. The van der Waals surface area contributed by atoms with Crippen LogP contribution in [0.3, 0.4) is 0 Å². The molecule has 0 atom stereocenters. The van der Waals surface area contributed by atoms with Crippen molar-refractivity contribution in [1.82, 2.24) is 9.62 Å². The van der Waals surface area contributed by atoms with Crippen molar-refractivity contribution in [2.24, 2.45) is 0 Å². The van der Waals surface area contributed by atoms with Gasteiger partial charge in [-0.15, -0.1) is 11.3 Å². The van der Waals surface area contributed by atoms with Crippen LogP contribution in [0.4, 0.5) is 5.69 Å². The molecule has 1 aromatic carbocycles. The molecule has 1 aromatic heterocycles. The molecule has 2 aromatic rings. The number of carbonyl (C=O) groups excluding carboxylic acids is 1. The lowest BCUT2D eigenvalue weighted by Gasteiger charge is -2.29. The summed E-state index contributed by atoms with van der Waals surface area (Å²) in [7, 11) is -1.43. The van der Waals surface area contributed by atoms with E-state index in [0.717, 1.165) is 13.1 Å². The number of anilines is 1. The molecule has 10 heteroatoms. The van der Waals surface area contributed by atoms with Gasteiger partial charge in [0.25, 0.3) is 5.91 Å². The highest BCUT2D eigenvalue weighted by Gasteiger charge is 2.28. The van der Waals surface area contributed by atoms with Crippen molar-refractivity contribution in [3.63, 3.8) is 0 Å². The summed E-state index contributed by atoms with van der Waals surface area (Å²) in [5, 5.41) is 7.46. The lowest BCUT2D eigenvalue weighted by molar-refractivity contribution is -0.883. The molecule has 7 nitrogen and oxygen atoms in total. The van der Waals surface area contributed by atoms with Gasteiger partial charge < -0.3 is 10.2 Å². The minimum Gasteiger partial charge on any atom is -0.335 e. The number of nitrogens with zero attached hydrogens (tertiary/aromatic N) is 1. The summed E-state index contributed by atoms with van der Waals surface area (Å²) in [6.45, 7) is 2.65. The number of carbonyl (C=O) groups is 1. The van der Waals surface area contributed by atoms with Crippen LogP contribution in [-0.2, 0) is 10.0 Å². The number of rotatable bonds is 4. The van der Waals surface area contributed by atoms with E-state index >= 15 is 0 Å². The number of sulfonamides is 1. The van der Waals surface area contributed by atoms with Gasteiger partial charge >= 0.3 is 0 Å². The molecule has 0 saturated carbocycles. The van der Waals surface area contributed by atoms with Crippen LogP contribution in [-0.4, -0.2) is 57.0 Å². The zero-order valence-electron chi connectivity index (χ0n) is 14.8. The lowest BCUT2D eigenvalue weighted by Crippen LogP contribution is -3.12. The molecule has 1 amide bonds. The standard InChI is InChI=1S/C17H20N4O3S3/c1-20-8-10-21(11-9-20)27(23,24)14-6-4-13(5-7-14)18-17(25)19-16(22)15-3-2-12-26-15/h2-7,12H,8-11H2,1H3,(H2,18,19,22,25)/p+1. The summed E-state index contributed by atoms with van der Waals surface area (Å²) in [6.07, 6.45) is 0. The highest BCUT2D eigenvalue weighted by molar-refractivity contribution is 7.89. The third kappa shape index (κ3) is 4.90. The fraction of sp³-hybridized carbons (Fsp3) is 0.294. The first-order valence-electron chi connectivity index (χ1n) is 8.43. The molecule has 1 saturated heterocycles. The van der Waals surface area contributed by atoms with Crippen molar-refractivity contribution in [3.8, 4) is 0 Å². The molecular weight excluding hydrogens is 404 g/mol. The van der Waals surface area contributed by atoms with E-state index in [1.165, 1.54) is 20.5 Å². The number of benzene rings is 1. The number of thiocarbonyl (C=S) groups is 1. The summed E-state index contributed by atoms with van der Waals surface area (Å²) in [4.78, 5) is 14.1. The average molecular weight is 426 g/mol. The first-order chi connectivity index (χ1) is 12.9. The van der Waals surface area contributed by atoms with E-state index < -0.39 is 10.0 Å². The normalized spacial score (nSPS) is 16.0. The van der Waals surface area contributed by atoms with Gasteiger partial charge in [-0.2, -0.15) is 4.31 Å². The number of thiophene rings is 1. The van der Waals surface area contributed by atoms with Gasteiger partial charge in [0.05, 0.1) is 43.0 Å². The van der Waals surface area contributed by atoms with E-state index in [9.17, 15) is 13.2 Å². The molecule has 1 fully saturated rings. The number of amides is 1. The summed E-state index contributed by atoms with van der Waals surface area (Å²) < 4.78 is 27.0. The van der Waals surface area contributed by atoms with Crippen LogP contribution >= 0.6 is 23.6 Å². The third-order valence-electron chi connectivity index (χ3n) is 4.30. The minimum absolute atomic E-state index is 0.158. The van der Waals surface area contributed by atoms with Gasteiger partial charge in [-0.05, 0) is 47.9 Å². The van der Waals surface area contributed by atoms with Gasteiger partial charge in [0.15, 0.2) is 5.11 Å². The molecule has 1 aliphatic heterocycles. The van der Waals surface area contributed by atoms with Crippen molar-refractivity contribution in [1.29, 1.82) is 0 Å². The van der Waals surface area contributed by atoms with Gasteiger partial charge in [0.2, 0.25) is 10.0 Å². The van der Waals surface area contributed by atoms with Crippen LogP contribution in [0.2, 0.25) is 0 Å². The number of likely N-dealkylation sites (N-methyl/N-ethyl adjacent to an activating group) is 1. The topological polar surface area (TPSA) is 82.9 Å². The Bertz CT molecular complexity index is 903. The SMILES string of the molecule is C[NH+]1CCN(S(=O)(=O)c2ccc(NC(=S)NC(=O)c3cccs3)cc2)CC1. The molecule has 27 heavy (non-hydrogen) atoms. The van der Waals surface area contributed by atoms with Crippen LogP contribution in [0.25, 0.3) is 0 Å². The number of nitrogens with one attached hydrogen (secondary N) is 3. The minimum atomic E-state index is -3.49. The van der Waals surface area contributed by atoms with Crippen LogP contribution < -0.4 is 15.5 Å². The Morgan fingerprint density at radius 3 is 2.44 bits per heavy atom. The highest BCUT2D eigenvalue weighted by atomic mass is 32.2. The summed E-state index contributed by atoms with van der Waals surface area (Å²) in [5.74, 6) is -0.279. The molecule has 0 unspecified atom stereocenters. The first kappa shape index (κ1) is 19.9. The number of piperazine rings is 1. The predicted molar refractivity (Wildman–Crippen MR) is 110 cm³/mol. The molecule has 2 heterocycles.